The van der Waals surface area contributed by atoms with E-state index in [1.165, 1.54) is 24.3 Å². The third-order valence-corrected chi connectivity index (χ3v) is 2.12. The second-order valence-corrected chi connectivity index (χ2v) is 3.48. The lowest BCUT2D eigenvalue weighted by molar-refractivity contribution is 0.941. The topological polar surface area (TPSA) is 38.0 Å². The van der Waals surface area contributed by atoms with Gasteiger partial charge in [0.05, 0.1) is 0 Å². The Bertz CT molecular complexity index is 45.4. The molecular formula is C8H22N2S. The molecule has 0 unspecified atom stereocenters. The molecule has 0 heterocycles. The van der Waals surface area contributed by atoms with Crippen LogP contribution in [0.15, 0.2) is 0 Å². The summed E-state index contributed by atoms with van der Waals surface area (Å²) in [5.74, 6) is 2.53. The molecule has 0 amide bonds. The summed E-state index contributed by atoms with van der Waals surface area (Å²) >= 11 is 2.00. The van der Waals surface area contributed by atoms with Gasteiger partial charge in [0.1, 0.15) is 0 Å². The SMILES string of the molecule is CCCSCCCN.CNC. The van der Waals surface area contributed by atoms with Crippen molar-refractivity contribution < 1.29 is 0 Å². The molecular weight excluding hydrogens is 156 g/mol. The Morgan fingerprint density at radius 3 is 2.18 bits per heavy atom. The van der Waals surface area contributed by atoms with Gasteiger partial charge in [-0.25, -0.2) is 0 Å². The van der Waals surface area contributed by atoms with E-state index < -0.39 is 0 Å². The van der Waals surface area contributed by atoms with Gasteiger partial charge in [-0.15, -0.1) is 0 Å². The first kappa shape index (κ1) is 13.8. The predicted octanol–water partition coefficient (Wildman–Crippen LogP) is 1.31. The number of hydrogen-bond donors (Lipinski definition) is 2. The molecule has 0 atom stereocenters. The third kappa shape index (κ3) is 25.3. The summed E-state index contributed by atoms with van der Waals surface area (Å²) in [6.45, 7) is 3.05. The van der Waals surface area contributed by atoms with Crippen LogP contribution in [0, 0.1) is 0 Å². The molecule has 0 spiro atoms. The Morgan fingerprint density at radius 1 is 1.27 bits per heavy atom. The first-order valence-electron chi connectivity index (χ1n) is 4.19. The molecule has 11 heavy (non-hydrogen) atoms. The summed E-state index contributed by atoms with van der Waals surface area (Å²) in [4.78, 5) is 0. The summed E-state index contributed by atoms with van der Waals surface area (Å²) in [6, 6.07) is 0. The summed E-state index contributed by atoms with van der Waals surface area (Å²) in [6.07, 6.45) is 2.46. The van der Waals surface area contributed by atoms with Crippen molar-refractivity contribution in [3.63, 3.8) is 0 Å². The van der Waals surface area contributed by atoms with E-state index in [1.54, 1.807) is 0 Å². The first-order chi connectivity index (χ1) is 5.33. The fourth-order valence-corrected chi connectivity index (χ4v) is 1.30. The van der Waals surface area contributed by atoms with E-state index in [0.717, 1.165) is 6.54 Å². The van der Waals surface area contributed by atoms with Crippen molar-refractivity contribution in [1.29, 1.82) is 0 Å². The van der Waals surface area contributed by atoms with Gasteiger partial charge >= 0.3 is 0 Å². The minimum absolute atomic E-state index is 0.844. The number of thioether (sulfide) groups is 1. The Kier molecular flexibility index (Phi) is 21.0. The number of hydrogen-bond acceptors (Lipinski definition) is 3. The fraction of sp³-hybridized carbons (Fsp3) is 1.00. The van der Waals surface area contributed by atoms with Crippen molar-refractivity contribution in [3.8, 4) is 0 Å². The maximum atomic E-state index is 5.30. The van der Waals surface area contributed by atoms with Crippen molar-refractivity contribution >= 4 is 11.8 Å². The van der Waals surface area contributed by atoms with Gasteiger partial charge in [-0.05, 0) is 45.0 Å². The fourth-order valence-electron chi connectivity index (χ4n) is 0.432. The Balaban J connectivity index is 0. The van der Waals surface area contributed by atoms with Crippen molar-refractivity contribution in [1.82, 2.24) is 5.32 Å². The third-order valence-electron chi connectivity index (χ3n) is 0.841. The van der Waals surface area contributed by atoms with Crippen molar-refractivity contribution in [2.45, 2.75) is 19.8 Å². The average molecular weight is 178 g/mol. The Morgan fingerprint density at radius 2 is 1.82 bits per heavy atom. The van der Waals surface area contributed by atoms with E-state index in [-0.39, 0.29) is 0 Å². The Labute approximate surface area is 75.3 Å². The lowest BCUT2D eigenvalue weighted by Crippen LogP contribution is -1.99. The normalized spacial score (nSPS) is 8.73. The average Bonchev–Trinajstić information content (AvgIpc) is 2.00. The summed E-state index contributed by atoms with van der Waals surface area (Å²) in [7, 11) is 3.75. The molecule has 0 radical (unpaired) electrons. The van der Waals surface area contributed by atoms with Crippen LogP contribution >= 0.6 is 11.8 Å². The van der Waals surface area contributed by atoms with E-state index in [1.807, 2.05) is 25.9 Å². The van der Waals surface area contributed by atoms with Gasteiger partial charge < -0.3 is 11.1 Å². The van der Waals surface area contributed by atoms with Crippen molar-refractivity contribution in [2.75, 3.05) is 32.1 Å². The van der Waals surface area contributed by atoms with Crippen molar-refractivity contribution in [3.05, 3.63) is 0 Å². The molecule has 3 N–H and O–H groups in total. The highest BCUT2D eigenvalue weighted by atomic mass is 32.2. The second-order valence-electron chi connectivity index (χ2n) is 2.25. The van der Waals surface area contributed by atoms with Gasteiger partial charge in [-0.1, -0.05) is 6.92 Å². The van der Waals surface area contributed by atoms with Crippen LogP contribution in [0.5, 0.6) is 0 Å². The summed E-state index contributed by atoms with van der Waals surface area (Å²) in [5.41, 5.74) is 5.30. The van der Waals surface area contributed by atoms with Crippen LogP contribution in [0.1, 0.15) is 19.8 Å². The van der Waals surface area contributed by atoms with Gasteiger partial charge in [0.15, 0.2) is 0 Å². The van der Waals surface area contributed by atoms with Crippen molar-refractivity contribution in [2.24, 2.45) is 5.73 Å². The van der Waals surface area contributed by atoms with Crippen LogP contribution in [0.25, 0.3) is 0 Å². The van der Waals surface area contributed by atoms with Gasteiger partial charge in [-0.3, -0.25) is 0 Å². The van der Waals surface area contributed by atoms with Gasteiger partial charge in [0, 0.05) is 0 Å². The molecule has 0 saturated carbocycles. The largest absolute Gasteiger partial charge is 0.330 e. The molecule has 2 nitrogen and oxygen atoms in total. The number of rotatable bonds is 5. The molecule has 3 heteroatoms. The first-order valence-corrected chi connectivity index (χ1v) is 5.35. The van der Waals surface area contributed by atoms with Crippen LogP contribution in [0.3, 0.4) is 0 Å². The monoisotopic (exact) mass is 178 g/mol. The molecule has 0 rings (SSSR count). The van der Waals surface area contributed by atoms with Crippen LogP contribution in [0.2, 0.25) is 0 Å². The molecule has 0 fully saturated rings. The molecule has 0 aliphatic carbocycles. The van der Waals surface area contributed by atoms with E-state index in [4.69, 9.17) is 5.73 Å². The lowest BCUT2D eigenvalue weighted by atomic mass is 10.5. The quantitative estimate of drug-likeness (QED) is 0.624. The molecule has 0 saturated heterocycles. The molecule has 0 aliphatic rings. The zero-order valence-electron chi connectivity index (χ0n) is 8.02. The zero-order valence-corrected chi connectivity index (χ0v) is 8.84. The van der Waals surface area contributed by atoms with Crippen LogP contribution < -0.4 is 11.1 Å². The molecule has 0 bridgehead atoms. The molecule has 70 valence electrons. The maximum absolute atomic E-state index is 5.30. The molecule has 0 aromatic rings. The standard InChI is InChI=1S/C6H15NS.C2H7N/c1-2-5-8-6-3-4-7;1-3-2/h2-7H2,1H3;3H,1-2H3. The van der Waals surface area contributed by atoms with Crippen LogP contribution in [-0.2, 0) is 0 Å². The molecule has 0 aliphatic heterocycles. The molecule has 0 aromatic carbocycles. The smallest absolute Gasteiger partial charge is 0.00555 e. The van der Waals surface area contributed by atoms with E-state index in [0.29, 0.717) is 0 Å². The van der Waals surface area contributed by atoms with E-state index in [9.17, 15) is 0 Å². The van der Waals surface area contributed by atoms with Crippen LogP contribution in [0.4, 0.5) is 0 Å². The van der Waals surface area contributed by atoms with E-state index >= 15 is 0 Å². The van der Waals surface area contributed by atoms with Crippen LogP contribution in [-0.4, -0.2) is 32.1 Å². The predicted molar refractivity (Wildman–Crippen MR) is 56.3 cm³/mol. The highest BCUT2D eigenvalue weighted by Gasteiger charge is 1.83. The lowest BCUT2D eigenvalue weighted by Gasteiger charge is -1.94. The minimum Gasteiger partial charge on any atom is -0.330 e. The van der Waals surface area contributed by atoms with Gasteiger partial charge in [-0.2, -0.15) is 11.8 Å². The minimum atomic E-state index is 0.844. The molecule has 0 aromatic heterocycles. The van der Waals surface area contributed by atoms with E-state index in [2.05, 4.69) is 12.2 Å². The number of nitrogens with two attached hydrogens (primary N) is 1. The zero-order chi connectivity index (χ0) is 8.95. The highest BCUT2D eigenvalue weighted by Crippen LogP contribution is 2.02. The maximum Gasteiger partial charge on any atom is -0.00555 e. The second kappa shape index (κ2) is 16.7. The van der Waals surface area contributed by atoms with Gasteiger partial charge in [0.25, 0.3) is 0 Å². The summed E-state index contributed by atoms with van der Waals surface area (Å²) < 4.78 is 0. The Hall–Kier alpha value is 0.270. The number of nitrogens with one attached hydrogen (secondary N) is 1. The van der Waals surface area contributed by atoms with Gasteiger partial charge in [0.2, 0.25) is 0 Å². The highest BCUT2D eigenvalue weighted by molar-refractivity contribution is 7.99. The summed E-state index contributed by atoms with van der Waals surface area (Å²) in [5, 5.41) is 2.75.